The fourth-order valence-corrected chi connectivity index (χ4v) is 2.87. The number of benzene rings is 2. The maximum absolute atomic E-state index is 6.34. The van der Waals surface area contributed by atoms with Gasteiger partial charge in [-0.05, 0) is 37.1 Å². The monoisotopic (exact) mass is 288 g/mol. The van der Waals surface area contributed by atoms with Crippen LogP contribution in [-0.2, 0) is 0 Å². The standard InChI is InChI=1S/C17H21ClN2/c1-3-20(16-11-7-4-8-13(16)2)17(12-19)14-9-5-6-10-15(14)18/h4-11,17H,3,12,19H2,1-2H3. The molecule has 106 valence electrons. The van der Waals surface area contributed by atoms with Gasteiger partial charge in [0.1, 0.15) is 0 Å². The molecule has 0 spiro atoms. The molecule has 0 aliphatic rings. The molecule has 1 atom stereocenters. The van der Waals surface area contributed by atoms with E-state index in [0.29, 0.717) is 6.54 Å². The van der Waals surface area contributed by atoms with Crippen molar-refractivity contribution >= 4 is 17.3 Å². The lowest BCUT2D eigenvalue weighted by Crippen LogP contribution is -2.34. The summed E-state index contributed by atoms with van der Waals surface area (Å²) < 4.78 is 0. The highest BCUT2D eigenvalue weighted by Crippen LogP contribution is 2.32. The molecule has 0 aliphatic heterocycles. The van der Waals surface area contributed by atoms with Crippen molar-refractivity contribution in [3.05, 3.63) is 64.7 Å². The van der Waals surface area contributed by atoms with E-state index in [9.17, 15) is 0 Å². The van der Waals surface area contributed by atoms with Crippen molar-refractivity contribution in [3.63, 3.8) is 0 Å². The third-order valence-corrected chi connectivity index (χ3v) is 3.97. The van der Waals surface area contributed by atoms with Crippen LogP contribution < -0.4 is 10.6 Å². The predicted molar refractivity (Wildman–Crippen MR) is 87.4 cm³/mol. The molecule has 2 aromatic carbocycles. The molecule has 0 radical (unpaired) electrons. The Bertz CT molecular complexity index is 517. The molecule has 0 aromatic heterocycles. The van der Waals surface area contributed by atoms with Crippen LogP contribution >= 0.6 is 11.6 Å². The Morgan fingerprint density at radius 1 is 1.10 bits per heavy atom. The SMILES string of the molecule is CCN(c1ccccc1C)C(CN)c1ccccc1Cl. The zero-order valence-electron chi connectivity index (χ0n) is 12.0. The molecule has 0 saturated heterocycles. The largest absolute Gasteiger partial charge is 0.363 e. The average molecular weight is 289 g/mol. The zero-order valence-corrected chi connectivity index (χ0v) is 12.8. The van der Waals surface area contributed by atoms with Crippen molar-refractivity contribution in [2.24, 2.45) is 5.73 Å². The Hall–Kier alpha value is -1.51. The summed E-state index contributed by atoms with van der Waals surface area (Å²) in [6.07, 6.45) is 0. The maximum Gasteiger partial charge on any atom is 0.0679 e. The minimum Gasteiger partial charge on any atom is -0.363 e. The van der Waals surface area contributed by atoms with Gasteiger partial charge in [0.25, 0.3) is 0 Å². The van der Waals surface area contributed by atoms with Crippen molar-refractivity contribution in [2.75, 3.05) is 18.0 Å². The molecular weight excluding hydrogens is 268 g/mol. The lowest BCUT2D eigenvalue weighted by Gasteiger charge is -2.34. The van der Waals surface area contributed by atoms with E-state index >= 15 is 0 Å². The van der Waals surface area contributed by atoms with E-state index in [-0.39, 0.29) is 6.04 Å². The first-order valence-electron chi connectivity index (χ1n) is 6.95. The second kappa shape index (κ2) is 6.78. The van der Waals surface area contributed by atoms with Gasteiger partial charge in [0.2, 0.25) is 0 Å². The van der Waals surface area contributed by atoms with Crippen LogP contribution in [0, 0.1) is 6.92 Å². The molecule has 2 nitrogen and oxygen atoms in total. The topological polar surface area (TPSA) is 29.3 Å². The Kier molecular flexibility index (Phi) is 5.05. The van der Waals surface area contributed by atoms with Crippen LogP contribution in [0.25, 0.3) is 0 Å². The van der Waals surface area contributed by atoms with Gasteiger partial charge >= 0.3 is 0 Å². The van der Waals surface area contributed by atoms with E-state index < -0.39 is 0 Å². The molecule has 0 heterocycles. The first kappa shape index (κ1) is 14.9. The van der Waals surface area contributed by atoms with Crippen LogP contribution in [0.1, 0.15) is 24.1 Å². The second-order valence-electron chi connectivity index (χ2n) is 4.85. The van der Waals surface area contributed by atoms with Gasteiger partial charge in [0, 0.05) is 23.8 Å². The fourth-order valence-electron chi connectivity index (χ4n) is 2.61. The van der Waals surface area contributed by atoms with Crippen LogP contribution in [0.5, 0.6) is 0 Å². The number of likely N-dealkylation sites (N-methyl/N-ethyl adjacent to an activating group) is 1. The van der Waals surface area contributed by atoms with Crippen LogP contribution in [0.15, 0.2) is 48.5 Å². The van der Waals surface area contributed by atoms with Gasteiger partial charge in [-0.2, -0.15) is 0 Å². The van der Waals surface area contributed by atoms with Gasteiger partial charge in [0.15, 0.2) is 0 Å². The molecule has 2 N–H and O–H groups in total. The normalized spacial score (nSPS) is 12.2. The lowest BCUT2D eigenvalue weighted by atomic mass is 10.0. The van der Waals surface area contributed by atoms with E-state index in [1.54, 1.807) is 0 Å². The predicted octanol–water partition coefficient (Wildman–Crippen LogP) is 4.17. The number of aryl methyl sites for hydroxylation is 1. The molecule has 3 heteroatoms. The van der Waals surface area contributed by atoms with Crippen molar-refractivity contribution in [3.8, 4) is 0 Å². The van der Waals surface area contributed by atoms with Crippen LogP contribution in [0.4, 0.5) is 5.69 Å². The van der Waals surface area contributed by atoms with Crippen LogP contribution in [0.2, 0.25) is 5.02 Å². The third kappa shape index (κ3) is 2.97. The molecule has 2 rings (SSSR count). The Morgan fingerprint density at radius 3 is 2.35 bits per heavy atom. The van der Waals surface area contributed by atoms with Gasteiger partial charge in [-0.3, -0.25) is 0 Å². The lowest BCUT2D eigenvalue weighted by molar-refractivity contribution is 0.642. The molecule has 2 aromatic rings. The number of hydrogen-bond acceptors (Lipinski definition) is 2. The van der Waals surface area contributed by atoms with Gasteiger partial charge in [-0.25, -0.2) is 0 Å². The summed E-state index contributed by atoms with van der Waals surface area (Å²) in [5, 5.41) is 0.773. The highest BCUT2D eigenvalue weighted by Gasteiger charge is 2.21. The molecule has 20 heavy (non-hydrogen) atoms. The number of rotatable bonds is 5. The first-order valence-corrected chi connectivity index (χ1v) is 7.33. The van der Waals surface area contributed by atoms with Gasteiger partial charge < -0.3 is 10.6 Å². The van der Waals surface area contributed by atoms with Gasteiger partial charge in [0.05, 0.1) is 6.04 Å². The summed E-state index contributed by atoms with van der Waals surface area (Å²) in [4.78, 5) is 2.32. The Balaban J connectivity index is 2.44. The number of para-hydroxylation sites is 1. The van der Waals surface area contributed by atoms with E-state index in [2.05, 4.69) is 49.1 Å². The first-order chi connectivity index (χ1) is 9.69. The highest BCUT2D eigenvalue weighted by molar-refractivity contribution is 6.31. The molecule has 1 unspecified atom stereocenters. The zero-order chi connectivity index (χ0) is 14.5. The fraction of sp³-hybridized carbons (Fsp3) is 0.294. The summed E-state index contributed by atoms with van der Waals surface area (Å²) in [5.41, 5.74) is 9.59. The quantitative estimate of drug-likeness (QED) is 0.894. The summed E-state index contributed by atoms with van der Waals surface area (Å²) >= 11 is 6.34. The number of nitrogens with zero attached hydrogens (tertiary/aromatic N) is 1. The Morgan fingerprint density at radius 2 is 1.75 bits per heavy atom. The average Bonchev–Trinajstić information content (AvgIpc) is 2.47. The highest BCUT2D eigenvalue weighted by atomic mass is 35.5. The summed E-state index contributed by atoms with van der Waals surface area (Å²) in [5.74, 6) is 0. The number of nitrogens with two attached hydrogens (primary N) is 1. The molecule has 0 aliphatic carbocycles. The van der Waals surface area contributed by atoms with E-state index in [4.69, 9.17) is 17.3 Å². The minimum atomic E-state index is 0.0924. The summed E-state index contributed by atoms with van der Waals surface area (Å²) in [6.45, 7) is 5.69. The number of hydrogen-bond donors (Lipinski definition) is 1. The molecule has 0 fully saturated rings. The van der Waals surface area contributed by atoms with E-state index in [1.807, 2.05) is 18.2 Å². The van der Waals surface area contributed by atoms with Crippen molar-refractivity contribution in [1.29, 1.82) is 0 Å². The Labute approximate surface area is 126 Å². The maximum atomic E-state index is 6.34. The van der Waals surface area contributed by atoms with Crippen molar-refractivity contribution in [1.82, 2.24) is 0 Å². The molecule has 0 saturated carbocycles. The van der Waals surface area contributed by atoms with Crippen molar-refractivity contribution < 1.29 is 0 Å². The molecular formula is C17H21ClN2. The van der Waals surface area contributed by atoms with Crippen LogP contribution in [0.3, 0.4) is 0 Å². The van der Waals surface area contributed by atoms with E-state index in [0.717, 1.165) is 17.1 Å². The summed E-state index contributed by atoms with van der Waals surface area (Å²) in [6, 6.07) is 16.4. The smallest absolute Gasteiger partial charge is 0.0679 e. The van der Waals surface area contributed by atoms with Crippen molar-refractivity contribution in [2.45, 2.75) is 19.9 Å². The van der Waals surface area contributed by atoms with Gasteiger partial charge in [-0.1, -0.05) is 48.0 Å². The second-order valence-corrected chi connectivity index (χ2v) is 5.25. The molecule has 0 bridgehead atoms. The summed E-state index contributed by atoms with van der Waals surface area (Å²) in [7, 11) is 0. The van der Waals surface area contributed by atoms with E-state index in [1.165, 1.54) is 11.3 Å². The third-order valence-electron chi connectivity index (χ3n) is 3.63. The number of halogens is 1. The minimum absolute atomic E-state index is 0.0924. The van der Waals surface area contributed by atoms with Crippen LogP contribution in [-0.4, -0.2) is 13.1 Å². The number of anilines is 1. The van der Waals surface area contributed by atoms with Gasteiger partial charge in [-0.15, -0.1) is 0 Å². The molecule has 0 amide bonds.